The summed E-state index contributed by atoms with van der Waals surface area (Å²) in [5.41, 5.74) is 0. The van der Waals surface area contributed by atoms with Gasteiger partial charge in [0, 0.05) is 11.0 Å². The number of rotatable bonds is 1. The molecule has 1 atom stereocenters. The predicted molar refractivity (Wildman–Crippen MR) is 42.1 cm³/mol. The highest BCUT2D eigenvalue weighted by Crippen LogP contribution is 2.26. The van der Waals surface area contributed by atoms with Gasteiger partial charge in [0.05, 0.1) is 0 Å². The van der Waals surface area contributed by atoms with E-state index in [4.69, 9.17) is 23.2 Å². The van der Waals surface area contributed by atoms with Gasteiger partial charge in [-0.15, -0.1) is 0 Å². The Morgan fingerprint density at radius 2 is 2.40 bits per heavy atom. The molecule has 0 heterocycles. The molecule has 0 saturated heterocycles. The van der Waals surface area contributed by atoms with Gasteiger partial charge in [-0.2, -0.15) is 0 Å². The molecule has 10 heavy (non-hydrogen) atoms. The van der Waals surface area contributed by atoms with Crippen LogP contribution in [-0.2, 0) is 4.79 Å². The van der Waals surface area contributed by atoms with Crippen molar-refractivity contribution in [3.05, 3.63) is 11.1 Å². The van der Waals surface area contributed by atoms with Gasteiger partial charge in [-0.3, -0.25) is 4.79 Å². The number of hydrogen-bond donors (Lipinski definition) is 0. The maximum Gasteiger partial charge on any atom is 0.225 e. The average molecular weight is 179 g/mol. The van der Waals surface area contributed by atoms with Gasteiger partial charge in [0.2, 0.25) is 5.24 Å². The molecular weight excluding hydrogens is 171 g/mol. The van der Waals surface area contributed by atoms with Crippen LogP contribution in [-0.4, -0.2) is 5.24 Å². The molecule has 1 unspecified atom stereocenters. The van der Waals surface area contributed by atoms with E-state index in [1.807, 2.05) is 6.08 Å². The van der Waals surface area contributed by atoms with Crippen molar-refractivity contribution >= 4 is 28.4 Å². The van der Waals surface area contributed by atoms with E-state index >= 15 is 0 Å². The molecule has 1 aliphatic carbocycles. The second-order valence-electron chi connectivity index (χ2n) is 2.43. The summed E-state index contributed by atoms with van der Waals surface area (Å²) in [4.78, 5) is 10.6. The van der Waals surface area contributed by atoms with Crippen LogP contribution in [0.1, 0.15) is 19.3 Å². The number of allylic oxidation sites excluding steroid dienone is 2. The molecule has 0 aromatic rings. The van der Waals surface area contributed by atoms with Crippen molar-refractivity contribution in [1.82, 2.24) is 0 Å². The highest BCUT2D eigenvalue weighted by Gasteiger charge is 2.18. The zero-order valence-electron chi connectivity index (χ0n) is 5.44. The lowest BCUT2D eigenvalue weighted by atomic mass is 9.96. The first-order valence-corrected chi connectivity index (χ1v) is 3.99. The van der Waals surface area contributed by atoms with Crippen molar-refractivity contribution < 1.29 is 4.79 Å². The van der Waals surface area contributed by atoms with Crippen LogP contribution in [0.15, 0.2) is 11.1 Å². The van der Waals surface area contributed by atoms with E-state index in [-0.39, 0.29) is 11.2 Å². The summed E-state index contributed by atoms with van der Waals surface area (Å²) in [7, 11) is 0. The lowest BCUT2D eigenvalue weighted by Gasteiger charge is -2.14. The summed E-state index contributed by atoms with van der Waals surface area (Å²) in [5.74, 6) is 0.00386. The van der Waals surface area contributed by atoms with E-state index in [0.29, 0.717) is 6.42 Å². The third-order valence-corrected chi connectivity index (χ3v) is 2.33. The van der Waals surface area contributed by atoms with E-state index in [2.05, 4.69) is 0 Å². The Morgan fingerprint density at radius 1 is 1.70 bits per heavy atom. The molecule has 0 saturated carbocycles. The van der Waals surface area contributed by atoms with Gasteiger partial charge in [-0.1, -0.05) is 17.7 Å². The second-order valence-corrected chi connectivity index (χ2v) is 3.28. The molecule has 0 N–H and O–H groups in total. The molecule has 3 heteroatoms. The average Bonchev–Trinajstić information content (AvgIpc) is 1.88. The maximum absolute atomic E-state index is 10.6. The topological polar surface area (TPSA) is 17.1 Å². The SMILES string of the molecule is O=C(Cl)C1CC=C(Cl)CC1. The van der Waals surface area contributed by atoms with Crippen LogP contribution in [0.5, 0.6) is 0 Å². The summed E-state index contributed by atoms with van der Waals surface area (Å²) in [6.07, 6.45) is 4.18. The molecule has 0 radical (unpaired) electrons. The Kier molecular flexibility index (Phi) is 2.75. The maximum atomic E-state index is 10.6. The van der Waals surface area contributed by atoms with E-state index in [1.165, 1.54) is 0 Å². The Labute approximate surface area is 70.0 Å². The molecular formula is C7H8Cl2O. The van der Waals surface area contributed by atoms with E-state index in [0.717, 1.165) is 17.9 Å². The smallest absolute Gasteiger partial charge is 0.225 e. The minimum absolute atomic E-state index is 0.00386. The second kappa shape index (κ2) is 3.40. The number of carbonyl (C=O) groups is 1. The summed E-state index contributed by atoms with van der Waals surface area (Å²) in [6.45, 7) is 0. The Morgan fingerprint density at radius 3 is 2.80 bits per heavy atom. The van der Waals surface area contributed by atoms with Crippen LogP contribution >= 0.6 is 23.2 Å². The zero-order chi connectivity index (χ0) is 7.56. The molecule has 0 spiro atoms. The van der Waals surface area contributed by atoms with E-state index < -0.39 is 0 Å². The van der Waals surface area contributed by atoms with Crippen LogP contribution in [0.4, 0.5) is 0 Å². The number of carbonyl (C=O) groups excluding carboxylic acids is 1. The highest BCUT2D eigenvalue weighted by molar-refractivity contribution is 6.64. The van der Waals surface area contributed by atoms with E-state index in [9.17, 15) is 4.79 Å². The summed E-state index contributed by atoms with van der Waals surface area (Å²) < 4.78 is 0. The fraction of sp³-hybridized carbons (Fsp3) is 0.571. The van der Waals surface area contributed by atoms with Gasteiger partial charge in [0.1, 0.15) is 0 Å². The molecule has 0 aromatic heterocycles. The quantitative estimate of drug-likeness (QED) is 0.565. The van der Waals surface area contributed by atoms with Gasteiger partial charge in [0.25, 0.3) is 0 Å². The third kappa shape index (κ3) is 1.99. The van der Waals surface area contributed by atoms with Crippen molar-refractivity contribution in [3.63, 3.8) is 0 Å². The normalized spacial score (nSPS) is 25.8. The van der Waals surface area contributed by atoms with E-state index in [1.54, 1.807) is 0 Å². The van der Waals surface area contributed by atoms with Crippen LogP contribution in [0, 0.1) is 5.92 Å². The fourth-order valence-corrected chi connectivity index (χ4v) is 1.40. The third-order valence-electron chi connectivity index (χ3n) is 1.68. The van der Waals surface area contributed by atoms with Gasteiger partial charge in [0.15, 0.2) is 0 Å². The van der Waals surface area contributed by atoms with Crippen LogP contribution in [0.25, 0.3) is 0 Å². The molecule has 1 aliphatic rings. The first-order chi connectivity index (χ1) is 4.70. The predicted octanol–water partition coefficient (Wildman–Crippen LogP) is 2.67. The van der Waals surface area contributed by atoms with Gasteiger partial charge in [-0.05, 0) is 30.9 Å². The Balaban J connectivity index is 2.50. The van der Waals surface area contributed by atoms with Gasteiger partial charge < -0.3 is 0 Å². The lowest BCUT2D eigenvalue weighted by Crippen LogP contribution is -2.10. The lowest BCUT2D eigenvalue weighted by molar-refractivity contribution is -0.115. The van der Waals surface area contributed by atoms with Gasteiger partial charge in [-0.25, -0.2) is 0 Å². The number of halogens is 2. The van der Waals surface area contributed by atoms with Crippen molar-refractivity contribution in [2.45, 2.75) is 19.3 Å². The van der Waals surface area contributed by atoms with Crippen molar-refractivity contribution in [2.75, 3.05) is 0 Å². The minimum Gasteiger partial charge on any atom is -0.281 e. The first kappa shape index (κ1) is 8.09. The first-order valence-electron chi connectivity index (χ1n) is 3.24. The highest BCUT2D eigenvalue weighted by atomic mass is 35.5. The summed E-state index contributed by atoms with van der Waals surface area (Å²) in [5, 5.41) is 0.620. The summed E-state index contributed by atoms with van der Waals surface area (Å²) >= 11 is 11.0. The molecule has 0 amide bonds. The monoisotopic (exact) mass is 178 g/mol. The van der Waals surface area contributed by atoms with Crippen molar-refractivity contribution in [2.24, 2.45) is 5.92 Å². The fourth-order valence-electron chi connectivity index (χ4n) is 1.01. The molecule has 0 aromatic carbocycles. The molecule has 0 fully saturated rings. The molecule has 0 bridgehead atoms. The van der Waals surface area contributed by atoms with Crippen LogP contribution in [0.2, 0.25) is 0 Å². The Bertz CT molecular complexity index is 174. The molecule has 1 rings (SSSR count). The summed E-state index contributed by atoms with van der Waals surface area (Å²) in [6, 6.07) is 0. The van der Waals surface area contributed by atoms with Crippen molar-refractivity contribution in [3.8, 4) is 0 Å². The Hall–Kier alpha value is -0.0100. The zero-order valence-corrected chi connectivity index (χ0v) is 6.95. The molecule has 56 valence electrons. The molecule has 0 aliphatic heterocycles. The standard InChI is InChI=1S/C7H8Cl2O/c8-6-3-1-5(2-4-6)7(9)10/h3,5H,1-2,4H2. The van der Waals surface area contributed by atoms with Crippen LogP contribution < -0.4 is 0 Å². The largest absolute Gasteiger partial charge is 0.281 e. The van der Waals surface area contributed by atoms with Crippen molar-refractivity contribution in [1.29, 1.82) is 0 Å². The van der Waals surface area contributed by atoms with Crippen LogP contribution in [0.3, 0.4) is 0 Å². The molecule has 1 nitrogen and oxygen atoms in total. The number of hydrogen-bond acceptors (Lipinski definition) is 1. The minimum atomic E-state index is -0.236. The van der Waals surface area contributed by atoms with Gasteiger partial charge >= 0.3 is 0 Å².